The van der Waals surface area contributed by atoms with E-state index >= 15 is 0 Å². The van der Waals surface area contributed by atoms with Crippen LogP contribution in [0.25, 0.3) is 27.8 Å². The highest BCUT2D eigenvalue weighted by molar-refractivity contribution is 5.91. The number of ether oxygens (including phenoxy) is 4. The van der Waals surface area contributed by atoms with Crippen LogP contribution in [0.3, 0.4) is 0 Å². The molecular weight excluding hydrogens is 811 g/mol. The maximum atomic E-state index is 14.2. The van der Waals surface area contributed by atoms with E-state index in [0.29, 0.717) is 17.5 Å². The molecular formula is C55H56F2O7. The number of halogens is 2. The van der Waals surface area contributed by atoms with Crippen molar-refractivity contribution < 1.29 is 42.4 Å². The topological polar surface area (TPSA) is 91.3 Å². The van der Waals surface area contributed by atoms with Gasteiger partial charge in [0.15, 0.2) is 0 Å². The van der Waals surface area contributed by atoms with Crippen molar-refractivity contribution in [3.63, 3.8) is 0 Å². The van der Waals surface area contributed by atoms with Gasteiger partial charge in [0.25, 0.3) is 0 Å². The van der Waals surface area contributed by atoms with Crippen molar-refractivity contribution >= 4 is 17.5 Å². The second-order valence-corrected chi connectivity index (χ2v) is 16.2. The Hall–Kier alpha value is -6.58. The average Bonchev–Trinajstić information content (AvgIpc) is 3.33. The summed E-state index contributed by atoms with van der Waals surface area (Å²) in [5.41, 5.74) is 12.3. The summed E-state index contributed by atoms with van der Waals surface area (Å²) >= 11 is 0. The fourth-order valence-electron chi connectivity index (χ4n) is 8.02. The van der Waals surface area contributed by atoms with Gasteiger partial charge in [0, 0.05) is 24.3 Å². The van der Waals surface area contributed by atoms with Gasteiger partial charge in [-0.05, 0) is 139 Å². The van der Waals surface area contributed by atoms with E-state index < -0.39 is 0 Å². The van der Waals surface area contributed by atoms with Crippen molar-refractivity contribution in [2.75, 3.05) is 21.3 Å². The molecule has 1 N–H and O–H groups in total. The van der Waals surface area contributed by atoms with Crippen LogP contribution in [0.4, 0.5) is 8.78 Å². The Morgan fingerprint density at radius 1 is 0.672 bits per heavy atom. The zero-order valence-corrected chi connectivity index (χ0v) is 37.5. The highest BCUT2D eigenvalue weighted by Gasteiger charge is 2.24. The summed E-state index contributed by atoms with van der Waals surface area (Å²) in [7, 11) is 3.78. The molecule has 6 aromatic carbocycles. The molecule has 0 aliphatic carbocycles. The first kappa shape index (κ1) is 46.9. The van der Waals surface area contributed by atoms with Crippen LogP contribution in [0, 0.1) is 25.5 Å². The molecule has 332 valence electrons. The lowest BCUT2D eigenvalue weighted by molar-refractivity contribution is -0.141. The number of aliphatic hydroxyl groups is 1. The highest BCUT2D eigenvalue weighted by Crippen LogP contribution is 2.39. The van der Waals surface area contributed by atoms with Crippen molar-refractivity contribution in [3.05, 3.63) is 184 Å². The second-order valence-electron chi connectivity index (χ2n) is 16.2. The molecule has 6 aromatic rings. The molecule has 0 saturated carbocycles. The second kappa shape index (κ2) is 21.7. The molecule has 0 spiro atoms. The minimum atomic E-state index is -0.376. The first-order chi connectivity index (χ1) is 30.9. The number of hydrogen-bond donors (Lipinski definition) is 1. The first-order valence-corrected chi connectivity index (χ1v) is 21.5. The predicted octanol–water partition coefficient (Wildman–Crippen LogP) is 12.6. The van der Waals surface area contributed by atoms with Gasteiger partial charge in [-0.1, -0.05) is 103 Å². The lowest BCUT2D eigenvalue weighted by Gasteiger charge is -2.27. The fourth-order valence-corrected chi connectivity index (χ4v) is 8.02. The van der Waals surface area contributed by atoms with Gasteiger partial charge < -0.3 is 24.1 Å². The smallest absolute Gasteiger partial charge is 0.330 e. The molecule has 0 aromatic heterocycles. The summed E-state index contributed by atoms with van der Waals surface area (Å²) in [6, 6.07) is 38.5. The number of aryl methyl sites for hydroxylation is 4. The number of aliphatic hydroxyl groups excluding tert-OH is 1. The zero-order chi connectivity index (χ0) is 45.9. The van der Waals surface area contributed by atoms with E-state index in [1.807, 2.05) is 107 Å². The largest absolute Gasteiger partial charge is 0.485 e. The number of allylic oxidation sites excluding steroid dienone is 1. The van der Waals surface area contributed by atoms with Crippen LogP contribution >= 0.6 is 0 Å². The minimum Gasteiger partial charge on any atom is -0.485 e. The lowest BCUT2D eigenvalue weighted by atomic mass is 9.92. The van der Waals surface area contributed by atoms with Crippen molar-refractivity contribution in [1.82, 2.24) is 0 Å². The standard InChI is InChI=1S/C27H27FO3.C27H25FO3.CH4O/c2*1-17-4-12-24(28)23(14-17)19-5-7-20(8-6-19)25-13-11-21-9-10-22(16-26(21)31-25)18(2)15-27(29)30-3;1-2/h4-10,12,14,16,18,25H,11,13,15H2,1-3H3;4-10,12,14-16,25H,11,13H2,1-3H3;2H,1H3/b;18-15+;. The van der Waals surface area contributed by atoms with Crippen molar-refractivity contribution in [1.29, 1.82) is 0 Å². The fraction of sp³-hybridized carbons (Fsp3) is 0.273. The summed E-state index contributed by atoms with van der Waals surface area (Å²) in [6.07, 6.45) is 5.32. The third kappa shape index (κ3) is 11.5. The Labute approximate surface area is 375 Å². The molecule has 2 heterocycles. The minimum absolute atomic E-state index is 0.0462. The maximum Gasteiger partial charge on any atom is 0.330 e. The molecule has 8 rings (SSSR count). The third-order valence-electron chi connectivity index (χ3n) is 11.7. The molecule has 7 nitrogen and oxygen atoms in total. The number of esters is 2. The summed E-state index contributed by atoms with van der Waals surface area (Å²) < 4.78 is 50.6. The van der Waals surface area contributed by atoms with Gasteiger partial charge in [0.05, 0.1) is 20.6 Å². The molecule has 64 heavy (non-hydrogen) atoms. The molecule has 2 aliphatic rings. The van der Waals surface area contributed by atoms with Crippen LogP contribution < -0.4 is 9.47 Å². The lowest BCUT2D eigenvalue weighted by Crippen LogP contribution is -2.15. The molecule has 9 heteroatoms. The molecule has 0 saturated heterocycles. The molecule has 0 fully saturated rings. The summed E-state index contributed by atoms with van der Waals surface area (Å²) in [4.78, 5) is 23.2. The van der Waals surface area contributed by atoms with Gasteiger partial charge in [-0.3, -0.25) is 4.79 Å². The summed E-state index contributed by atoms with van der Waals surface area (Å²) in [6.45, 7) is 7.82. The Kier molecular flexibility index (Phi) is 15.9. The molecule has 2 aliphatic heterocycles. The SMILES string of the molecule is CO.COC(=O)/C=C(\C)c1ccc2c(c1)OC(c1ccc(-c3cc(C)ccc3F)cc1)CC2.COC(=O)CC(C)c1ccc2c(c1)OC(c1ccc(-c3cc(C)ccc3F)cc1)CC2. The Morgan fingerprint density at radius 3 is 1.64 bits per heavy atom. The third-order valence-corrected chi connectivity index (χ3v) is 11.7. The Morgan fingerprint density at radius 2 is 1.16 bits per heavy atom. The Bertz CT molecular complexity index is 2600. The van der Waals surface area contributed by atoms with Gasteiger partial charge >= 0.3 is 11.9 Å². The molecule has 3 atom stereocenters. The molecule has 0 bridgehead atoms. The predicted molar refractivity (Wildman–Crippen MR) is 248 cm³/mol. The van der Waals surface area contributed by atoms with Crippen molar-refractivity contribution in [2.24, 2.45) is 0 Å². The number of carbonyl (C=O) groups is 2. The van der Waals surface area contributed by atoms with E-state index in [0.717, 1.165) is 99.9 Å². The van der Waals surface area contributed by atoms with Crippen molar-refractivity contribution in [3.8, 4) is 33.8 Å². The van der Waals surface area contributed by atoms with Gasteiger partial charge in [-0.15, -0.1) is 0 Å². The van der Waals surface area contributed by atoms with Crippen LogP contribution in [0.1, 0.15) is 95.7 Å². The number of fused-ring (bicyclic) bond motifs is 2. The zero-order valence-electron chi connectivity index (χ0n) is 37.5. The maximum absolute atomic E-state index is 14.2. The average molecular weight is 867 g/mol. The van der Waals surface area contributed by atoms with Crippen LogP contribution in [0.15, 0.2) is 127 Å². The monoisotopic (exact) mass is 866 g/mol. The molecule has 0 radical (unpaired) electrons. The van der Waals surface area contributed by atoms with Gasteiger partial charge in [-0.25, -0.2) is 13.6 Å². The van der Waals surface area contributed by atoms with Gasteiger partial charge in [0.1, 0.15) is 35.3 Å². The summed E-state index contributed by atoms with van der Waals surface area (Å²) in [5, 5.41) is 7.00. The van der Waals surface area contributed by atoms with Crippen molar-refractivity contribution in [2.45, 2.75) is 77.9 Å². The number of carbonyl (C=O) groups excluding carboxylic acids is 2. The number of rotatable bonds is 9. The highest BCUT2D eigenvalue weighted by atomic mass is 19.1. The summed E-state index contributed by atoms with van der Waals surface area (Å²) in [5.74, 6) is 0.747. The van der Waals surface area contributed by atoms with E-state index in [1.54, 1.807) is 12.1 Å². The number of benzene rings is 6. The Balaban J connectivity index is 0.000000205. The van der Waals surface area contributed by atoms with E-state index in [4.69, 9.17) is 24.1 Å². The first-order valence-electron chi connectivity index (χ1n) is 21.5. The number of methoxy groups -OCH3 is 2. The van der Waals surface area contributed by atoms with E-state index in [1.165, 1.54) is 38.0 Å². The quantitative estimate of drug-likeness (QED) is 0.114. The molecule has 3 unspecified atom stereocenters. The van der Waals surface area contributed by atoms with Crippen LogP contribution in [0.5, 0.6) is 11.5 Å². The van der Waals surface area contributed by atoms with Gasteiger partial charge in [0.2, 0.25) is 0 Å². The van der Waals surface area contributed by atoms with Crippen LogP contribution in [-0.2, 0) is 31.9 Å². The van der Waals surface area contributed by atoms with E-state index in [2.05, 4.69) is 18.2 Å². The molecule has 0 amide bonds. The van der Waals surface area contributed by atoms with Gasteiger partial charge in [-0.2, -0.15) is 0 Å². The van der Waals surface area contributed by atoms with E-state index in [-0.39, 0.29) is 41.7 Å². The van der Waals surface area contributed by atoms with Crippen LogP contribution in [-0.4, -0.2) is 38.4 Å². The number of hydrogen-bond acceptors (Lipinski definition) is 7. The van der Waals surface area contributed by atoms with Crippen LogP contribution in [0.2, 0.25) is 0 Å². The normalized spacial score (nSPS) is 15.6. The van der Waals surface area contributed by atoms with E-state index in [9.17, 15) is 18.4 Å².